The molecule has 4 bridgehead atoms. The topological polar surface area (TPSA) is 61.4 Å². The Balaban J connectivity index is 1.04. The van der Waals surface area contributed by atoms with Gasteiger partial charge in [-0.3, -0.25) is 9.69 Å². The van der Waals surface area contributed by atoms with Gasteiger partial charge >= 0.3 is 0 Å². The average molecular weight is 488 g/mol. The van der Waals surface area contributed by atoms with E-state index in [2.05, 4.69) is 51.4 Å². The van der Waals surface area contributed by atoms with Gasteiger partial charge in [-0.25, -0.2) is 9.97 Å². The molecule has 0 atom stereocenters. The van der Waals surface area contributed by atoms with E-state index >= 15 is 0 Å². The first-order chi connectivity index (χ1) is 17.6. The van der Waals surface area contributed by atoms with Gasteiger partial charge in [-0.2, -0.15) is 0 Å². The van der Waals surface area contributed by atoms with Gasteiger partial charge < -0.3 is 10.2 Å². The Morgan fingerprint density at radius 1 is 1.03 bits per heavy atom. The minimum Gasteiger partial charge on any atom is -0.369 e. The van der Waals surface area contributed by atoms with Crippen LogP contribution in [0, 0.1) is 29.6 Å². The maximum atomic E-state index is 13.1. The second-order valence-corrected chi connectivity index (χ2v) is 12.0. The van der Waals surface area contributed by atoms with Gasteiger partial charge in [-0.05, 0) is 92.7 Å². The molecule has 6 heteroatoms. The van der Waals surface area contributed by atoms with Gasteiger partial charge in [0.05, 0.1) is 18.8 Å². The molecule has 4 fully saturated rings. The van der Waals surface area contributed by atoms with Crippen molar-refractivity contribution in [3.8, 4) is 0 Å². The van der Waals surface area contributed by atoms with Gasteiger partial charge in [0.1, 0.15) is 12.1 Å². The highest BCUT2D eigenvalue weighted by molar-refractivity contribution is 5.78. The van der Waals surface area contributed by atoms with Crippen molar-refractivity contribution in [1.29, 1.82) is 0 Å². The molecule has 0 saturated heterocycles. The molecule has 1 aliphatic heterocycles. The molecule has 192 valence electrons. The zero-order chi connectivity index (χ0) is 24.6. The molecule has 0 radical (unpaired) electrons. The van der Waals surface area contributed by atoms with Crippen LogP contribution in [0.25, 0.3) is 0 Å². The molecular formula is C30H41N5O. The summed E-state index contributed by atoms with van der Waals surface area (Å²) in [5.74, 6) is 5.85. The van der Waals surface area contributed by atoms with Crippen LogP contribution >= 0.6 is 0 Å². The number of amides is 1. The SMILES string of the molecule is CCc1ccc(CN(C)CC(=O)N2CCc3c(ncnc3NCC3C4CC5CC(C4)CC3C5)C2)cc1. The van der Waals surface area contributed by atoms with Crippen LogP contribution in [0.15, 0.2) is 30.6 Å². The van der Waals surface area contributed by atoms with Crippen LogP contribution in [0.4, 0.5) is 5.82 Å². The zero-order valence-corrected chi connectivity index (χ0v) is 22.0. The standard InChI is InChI=1S/C30H41N5O/c1-3-20-4-6-21(7-5-20)16-34(2)18-29(36)35-9-8-26-28(17-35)32-19-33-30(26)31-15-27-24-11-22-10-23(13-24)14-25(27)12-22/h4-7,19,22-25,27H,3,8-18H2,1-2H3,(H,31,32,33). The first-order valence-electron chi connectivity index (χ1n) is 14.2. The number of carbonyl (C=O) groups excluding carboxylic acids is 1. The molecular weight excluding hydrogens is 446 g/mol. The molecule has 2 aromatic rings. The van der Waals surface area contributed by atoms with Gasteiger partial charge in [0, 0.05) is 25.2 Å². The van der Waals surface area contributed by atoms with Crippen molar-refractivity contribution >= 4 is 11.7 Å². The number of nitrogens with one attached hydrogen (secondary N) is 1. The minimum absolute atomic E-state index is 0.176. The molecule has 4 aliphatic carbocycles. The van der Waals surface area contributed by atoms with Crippen LogP contribution in [0.1, 0.15) is 61.4 Å². The predicted molar refractivity (Wildman–Crippen MR) is 142 cm³/mol. The van der Waals surface area contributed by atoms with Crippen LogP contribution in [0.5, 0.6) is 0 Å². The molecule has 1 aromatic heterocycles. The Kier molecular flexibility index (Phi) is 6.72. The van der Waals surface area contributed by atoms with Crippen molar-refractivity contribution in [1.82, 2.24) is 19.8 Å². The van der Waals surface area contributed by atoms with Crippen LogP contribution in [-0.2, 0) is 30.7 Å². The molecule has 1 amide bonds. The van der Waals surface area contributed by atoms with Crippen molar-refractivity contribution in [2.45, 2.75) is 65.0 Å². The Morgan fingerprint density at radius 3 is 2.42 bits per heavy atom. The van der Waals surface area contributed by atoms with Crippen LogP contribution in [-0.4, -0.2) is 52.4 Å². The fourth-order valence-corrected chi connectivity index (χ4v) is 7.88. The third kappa shape index (κ3) is 4.89. The Morgan fingerprint density at radius 2 is 1.72 bits per heavy atom. The smallest absolute Gasteiger partial charge is 0.237 e. The number of rotatable bonds is 8. The number of aromatic nitrogens is 2. The normalized spacial score (nSPS) is 28.4. The van der Waals surface area contributed by atoms with Gasteiger partial charge in [-0.15, -0.1) is 0 Å². The number of benzene rings is 1. The fourth-order valence-electron chi connectivity index (χ4n) is 7.88. The first-order valence-corrected chi connectivity index (χ1v) is 14.2. The Bertz CT molecular complexity index is 1060. The summed E-state index contributed by atoms with van der Waals surface area (Å²) in [7, 11) is 2.03. The summed E-state index contributed by atoms with van der Waals surface area (Å²) < 4.78 is 0. The maximum Gasteiger partial charge on any atom is 0.237 e. The molecule has 36 heavy (non-hydrogen) atoms. The van der Waals surface area contributed by atoms with Gasteiger partial charge in [0.15, 0.2) is 0 Å². The molecule has 2 heterocycles. The predicted octanol–water partition coefficient (Wildman–Crippen LogP) is 4.54. The number of carbonyl (C=O) groups is 1. The molecule has 0 unspecified atom stereocenters. The summed E-state index contributed by atoms with van der Waals surface area (Å²) in [6.45, 7) is 5.75. The van der Waals surface area contributed by atoms with E-state index in [0.717, 1.165) is 73.6 Å². The highest BCUT2D eigenvalue weighted by atomic mass is 16.2. The van der Waals surface area contributed by atoms with Crippen molar-refractivity contribution in [3.05, 3.63) is 53.0 Å². The van der Waals surface area contributed by atoms with Crippen LogP contribution in [0.2, 0.25) is 0 Å². The van der Waals surface area contributed by atoms with E-state index in [1.807, 2.05) is 11.9 Å². The summed E-state index contributed by atoms with van der Waals surface area (Å²) >= 11 is 0. The van der Waals surface area contributed by atoms with Crippen LogP contribution < -0.4 is 5.32 Å². The fraction of sp³-hybridized carbons (Fsp3) is 0.633. The number of nitrogens with zero attached hydrogens (tertiary/aromatic N) is 4. The second-order valence-electron chi connectivity index (χ2n) is 12.0. The second kappa shape index (κ2) is 10.1. The third-order valence-electron chi connectivity index (χ3n) is 9.58. The van der Waals surface area contributed by atoms with E-state index in [1.165, 1.54) is 48.8 Å². The zero-order valence-electron chi connectivity index (χ0n) is 22.0. The summed E-state index contributed by atoms with van der Waals surface area (Å²) in [4.78, 5) is 26.4. The lowest BCUT2D eigenvalue weighted by Gasteiger charge is -2.54. The van der Waals surface area contributed by atoms with E-state index in [-0.39, 0.29) is 5.91 Å². The molecule has 4 saturated carbocycles. The molecule has 0 spiro atoms. The monoisotopic (exact) mass is 487 g/mol. The number of fused-ring (bicyclic) bond motifs is 1. The number of likely N-dealkylation sites (N-methyl/N-ethyl adjacent to an activating group) is 1. The summed E-state index contributed by atoms with van der Waals surface area (Å²) in [6, 6.07) is 8.71. The minimum atomic E-state index is 0.176. The van der Waals surface area contributed by atoms with E-state index in [4.69, 9.17) is 0 Å². The van der Waals surface area contributed by atoms with Crippen molar-refractivity contribution in [2.75, 3.05) is 32.0 Å². The maximum absolute atomic E-state index is 13.1. The van der Waals surface area contributed by atoms with Gasteiger partial charge in [-0.1, -0.05) is 31.2 Å². The van der Waals surface area contributed by atoms with E-state index < -0.39 is 0 Å². The lowest BCUT2D eigenvalue weighted by atomic mass is 9.52. The molecule has 1 aromatic carbocycles. The van der Waals surface area contributed by atoms with E-state index in [1.54, 1.807) is 6.33 Å². The summed E-state index contributed by atoms with van der Waals surface area (Å²) in [5, 5.41) is 3.75. The van der Waals surface area contributed by atoms with Gasteiger partial charge in [0.25, 0.3) is 0 Å². The lowest BCUT2D eigenvalue weighted by molar-refractivity contribution is -0.133. The number of hydrogen-bond donors (Lipinski definition) is 1. The van der Waals surface area contributed by atoms with Crippen molar-refractivity contribution < 1.29 is 4.79 Å². The van der Waals surface area contributed by atoms with Crippen LogP contribution in [0.3, 0.4) is 0 Å². The van der Waals surface area contributed by atoms with Crippen molar-refractivity contribution in [2.24, 2.45) is 29.6 Å². The number of hydrogen-bond acceptors (Lipinski definition) is 5. The van der Waals surface area contributed by atoms with Gasteiger partial charge in [0.2, 0.25) is 5.91 Å². The average Bonchev–Trinajstić information content (AvgIpc) is 2.88. The molecule has 5 aliphatic rings. The molecule has 1 N–H and O–H groups in total. The lowest BCUT2D eigenvalue weighted by Crippen LogP contribution is -2.47. The largest absolute Gasteiger partial charge is 0.369 e. The Hall–Kier alpha value is -2.47. The number of aryl methyl sites for hydroxylation is 1. The highest BCUT2D eigenvalue weighted by Crippen LogP contribution is 2.56. The number of anilines is 1. The quantitative estimate of drug-likeness (QED) is 0.592. The third-order valence-corrected chi connectivity index (χ3v) is 9.58. The molecule has 6 nitrogen and oxygen atoms in total. The summed E-state index contributed by atoms with van der Waals surface area (Å²) in [5.41, 5.74) is 4.82. The van der Waals surface area contributed by atoms with E-state index in [9.17, 15) is 4.79 Å². The molecule has 7 rings (SSSR count). The first kappa shape index (κ1) is 23.9. The Labute approximate surface area is 215 Å². The highest BCUT2D eigenvalue weighted by Gasteiger charge is 2.47. The van der Waals surface area contributed by atoms with Crippen molar-refractivity contribution in [3.63, 3.8) is 0 Å². The van der Waals surface area contributed by atoms with E-state index in [0.29, 0.717) is 13.1 Å². The summed E-state index contributed by atoms with van der Waals surface area (Å²) in [6.07, 6.45) is 10.9.